The van der Waals surface area contributed by atoms with Crippen LogP contribution in [0.15, 0.2) is 24.3 Å². The quantitative estimate of drug-likeness (QED) is 0.775. The Labute approximate surface area is 106 Å². The van der Waals surface area contributed by atoms with Gasteiger partial charge in [0.15, 0.2) is 6.10 Å². The number of aliphatic hydroxyl groups is 1. The highest BCUT2D eigenvalue weighted by molar-refractivity contribution is 5.75. The van der Waals surface area contributed by atoms with Crippen LogP contribution in [0.3, 0.4) is 0 Å². The first-order chi connectivity index (χ1) is 8.63. The first-order valence-corrected chi connectivity index (χ1v) is 5.65. The fourth-order valence-electron chi connectivity index (χ4n) is 1.59. The minimum absolute atomic E-state index is 0.380. The van der Waals surface area contributed by atoms with E-state index in [4.69, 9.17) is 9.47 Å². The molecule has 0 heterocycles. The zero-order valence-corrected chi connectivity index (χ0v) is 10.8. The van der Waals surface area contributed by atoms with Gasteiger partial charge in [-0.1, -0.05) is 12.1 Å². The van der Waals surface area contributed by atoms with E-state index >= 15 is 0 Å². The van der Waals surface area contributed by atoms with E-state index in [2.05, 4.69) is 4.74 Å². The third-order valence-corrected chi connectivity index (χ3v) is 2.52. The van der Waals surface area contributed by atoms with Crippen molar-refractivity contribution in [3.63, 3.8) is 0 Å². The molecular weight excluding hydrogens is 236 g/mol. The van der Waals surface area contributed by atoms with Crippen LogP contribution in [0.4, 0.5) is 0 Å². The van der Waals surface area contributed by atoms with Gasteiger partial charge in [-0.25, -0.2) is 4.79 Å². The highest BCUT2D eigenvalue weighted by atomic mass is 16.5. The summed E-state index contributed by atoms with van der Waals surface area (Å²) in [4.78, 5) is 11.3. The van der Waals surface area contributed by atoms with Gasteiger partial charge >= 0.3 is 5.97 Å². The number of hydrogen-bond donors (Lipinski definition) is 1. The Bertz CT molecular complexity index is 373. The molecule has 0 amide bonds. The molecule has 0 aliphatic rings. The number of esters is 1. The van der Waals surface area contributed by atoms with Crippen molar-refractivity contribution in [2.75, 3.05) is 20.8 Å². The molecule has 5 nitrogen and oxygen atoms in total. The summed E-state index contributed by atoms with van der Waals surface area (Å²) in [7, 11) is 2.79. The van der Waals surface area contributed by atoms with Crippen molar-refractivity contribution in [3.05, 3.63) is 29.8 Å². The van der Waals surface area contributed by atoms with Gasteiger partial charge in [-0.3, -0.25) is 0 Å². The van der Waals surface area contributed by atoms with Crippen molar-refractivity contribution < 1.29 is 24.1 Å². The van der Waals surface area contributed by atoms with E-state index in [1.165, 1.54) is 7.11 Å². The van der Waals surface area contributed by atoms with Gasteiger partial charge in [0.25, 0.3) is 0 Å². The predicted octanol–water partition coefficient (Wildman–Crippen LogP) is 1.31. The molecule has 18 heavy (non-hydrogen) atoms. The number of carbonyl (C=O) groups excluding carboxylic acids is 1. The third kappa shape index (κ3) is 3.45. The first-order valence-electron chi connectivity index (χ1n) is 5.65. The van der Waals surface area contributed by atoms with Gasteiger partial charge in [-0.2, -0.15) is 0 Å². The molecule has 0 aromatic heterocycles. The molecule has 0 unspecified atom stereocenters. The van der Waals surface area contributed by atoms with Gasteiger partial charge in [0.1, 0.15) is 11.9 Å². The zero-order valence-electron chi connectivity index (χ0n) is 10.8. The Hall–Kier alpha value is -1.59. The molecule has 5 heteroatoms. The van der Waals surface area contributed by atoms with Crippen LogP contribution in [0.1, 0.15) is 18.6 Å². The van der Waals surface area contributed by atoms with Crippen molar-refractivity contribution in [1.29, 1.82) is 0 Å². The normalized spacial score (nSPS) is 13.8. The number of rotatable bonds is 6. The molecule has 100 valence electrons. The highest BCUT2D eigenvalue weighted by Gasteiger charge is 2.28. The summed E-state index contributed by atoms with van der Waals surface area (Å²) in [5.41, 5.74) is 0.690. The predicted molar refractivity (Wildman–Crippen MR) is 65.4 cm³/mol. The zero-order chi connectivity index (χ0) is 13.5. The Morgan fingerprint density at radius 2 is 1.89 bits per heavy atom. The second-order valence-electron chi connectivity index (χ2n) is 3.62. The van der Waals surface area contributed by atoms with Crippen molar-refractivity contribution in [2.24, 2.45) is 0 Å². The van der Waals surface area contributed by atoms with Gasteiger partial charge in [-0.05, 0) is 24.6 Å². The van der Waals surface area contributed by atoms with E-state index in [9.17, 15) is 9.90 Å². The van der Waals surface area contributed by atoms with Crippen LogP contribution < -0.4 is 4.74 Å². The maximum Gasteiger partial charge on any atom is 0.337 e. The second kappa shape index (κ2) is 6.98. The monoisotopic (exact) mass is 254 g/mol. The highest BCUT2D eigenvalue weighted by Crippen LogP contribution is 2.24. The number of carbonyl (C=O) groups is 1. The SMILES string of the molecule is CCO[C@@H](c1ccc(OC)cc1)[C@@H](O)C(=O)OC. The van der Waals surface area contributed by atoms with Gasteiger partial charge in [0.2, 0.25) is 0 Å². The van der Waals surface area contributed by atoms with Crippen molar-refractivity contribution in [2.45, 2.75) is 19.1 Å². The molecule has 0 spiro atoms. The maximum absolute atomic E-state index is 11.3. The molecule has 0 aliphatic carbocycles. The first kappa shape index (κ1) is 14.5. The molecule has 1 N–H and O–H groups in total. The van der Waals surface area contributed by atoms with Gasteiger partial charge in [0.05, 0.1) is 14.2 Å². The smallest absolute Gasteiger partial charge is 0.337 e. The Morgan fingerprint density at radius 1 is 1.28 bits per heavy atom. The lowest BCUT2D eigenvalue weighted by molar-refractivity contribution is -0.159. The van der Waals surface area contributed by atoms with E-state index in [1.54, 1.807) is 38.3 Å². The van der Waals surface area contributed by atoms with Crippen LogP contribution >= 0.6 is 0 Å². The van der Waals surface area contributed by atoms with Crippen LogP contribution in [-0.4, -0.2) is 38.0 Å². The van der Waals surface area contributed by atoms with Crippen molar-refractivity contribution >= 4 is 5.97 Å². The van der Waals surface area contributed by atoms with Crippen molar-refractivity contribution in [3.8, 4) is 5.75 Å². The minimum atomic E-state index is -1.34. The fourth-order valence-corrected chi connectivity index (χ4v) is 1.59. The van der Waals surface area contributed by atoms with Crippen LogP contribution in [0.2, 0.25) is 0 Å². The molecular formula is C13H18O5. The molecule has 0 bridgehead atoms. The summed E-state index contributed by atoms with van der Waals surface area (Å²) in [6, 6.07) is 6.97. The summed E-state index contributed by atoms with van der Waals surface area (Å²) in [5, 5.41) is 9.86. The van der Waals surface area contributed by atoms with Crippen LogP contribution in [0.25, 0.3) is 0 Å². The minimum Gasteiger partial charge on any atom is -0.497 e. The number of hydrogen-bond acceptors (Lipinski definition) is 5. The summed E-state index contributed by atoms with van der Waals surface area (Å²) in [6.45, 7) is 2.17. The van der Waals surface area contributed by atoms with E-state index < -0.39 is 18.2 Å². The Kier molecular flexibility index (Phi) is 5.61. The molecule has 2 atom stereocenters. The molecule has 0 fully saturated rings. The lowest BCUT2D eigenvalue weighted by atomic mass is 10.0. The molecule has 0 saturated heterocycles. The van der Waals surface area contributed by atoms with Crippen molar-refractivity contribution in [1.82, 2.24) is 0 Å². The van der Waals surface area contributed by atoms with E-state index in [-0.39, 0.29) is 0 Å². The van der Waals surface area contributed by atoms with E-state index in [0.717, 1.165) is 0 Å². The van der Waals surface area contributed by atoms with Gasteiger partial charge < -0.3 is 19.3 Å². The van der Waals surface area contributed by atoms with E-state index in [0.29, 0.717) is 17.9 Å². The second-order valence-corrected chi connectivity index (χ2v) is 3.62. The molecule has 1 rings (SSSR count). The lowest BCUT2D eigenvalue weighted by Crippen LogP contribution is -2.30. The maximum atomic E-state index is 11.3. The van der Waals surface area contributed by atoms with Gasteiger partial charge in [-0.15, -0.1) is 0 Å². The molecule has 0 radical (unpaired) electrons. The fraction of sp³-hybridized carbons (Fsp3) is 0.462. The number of aliphatic hydroxyl groups excluding tert-OH is 1. The number of benzene rings is 1. The van der Waals surface area contributed by atoms with E-state index in [1.807, 2.05) is 0 Å². The average Bonchev–Trinajstić information content (AvgIpc) is 2.43. The average molecular weight is 254 g/mol. The lowest BCUT2D eigenvalue weighted by Gasteiger charge is -2.21. The molecule has 1 aromatic carbocycles. The summed E-state index contributed by atoms with van der Waals surface area (Å²) < 4.78 is 14.9. The van der Waals surface area contributed by atoms with Crippen LogP contribution in [0.5, 0.6) is 5.75 Å². The largest absolute Gasteiger partial charge is 0.497 e. The number of ether oxygens (including phenoxy) is 3. The molecule has 0 saturated carbocycles. The topological polar surface area (TPSA) is 65.0 Å². The summed E-state index contributed by atoms with van der Waals surface area (Å²) in [5.74, 6) is -0.0224. The summed E-state index contributed by atoms with van der Waals surface area (Å²) >= 11 is 0. The van der Waals surface area contributed by atoms with Crippen LogP contribution in [0, 0.1) is 0 Å². The number of methoxy groups -OCH3 is 2. The summed E-state index contributed by atoms with van der Waals surface area (Å²) in [6.07, 6.45) is -2.09. The van der Waals surface area contributed by atoms with Gasteiger partial charge in [0, 0.05) is 6.61 Å². The standard InChI is InChI=1S/C13H18O5/c1-4-18-12(11(14)13(15)17-3)9-5-7-10(16-2)8-6-9/h5-8,11-12,14H,4H2,1-3H3/t11-,12+/m1/s1. The molecule has 1 aromatic rings. The Balaban J connectivity index is 2.92. The van der Waals surface area contributed by atoms with Crippen LogP contribution in [-0.2, 0) is 14.3 Å². The third-order valence-electron chi connectivity index (χ3n) is 2.52. The Morgan fingerprint density at radius 3 is 2.33 bits per heavy atom. The molecule has 0 aliphatic heterocycles.